The van der Waals surface area contributed by atoms with E-state index < -0.39 is 10.0 Å². The first-order chi connectivity index (χ1) is 9.18. The maximum Gasteiger partial charge on any atom is 0.252 e. The van der Waals surface area contributed by atoms with Gasteiger partial charge in [-0.1, -0.05) is 6.07 Å². The highest BCUT2D eigenvalue weighted by molar-refractivity contribution is 7.91. The minimum atomic E-state index is -3.33. The van der Waals surface area contributed by atoms with Crippen molar-refractivity contribution in [3.05, 3.63) is 35.5 Å². The Hall–Kier alpha value is -1.18. The lowest BCUT2D eigenvalue weighted by atomic mass is 9.96. The van der Waals surface area contributed by atoms with Crippen molar-refractivity contribution in [1.29, 1.82) is 0 Å². The number of rotatable bonds is 3. The van der Waals surface area contributed by atoms with Crippen molar-refractivity contribution in [2.45, 2.75) is 23.0 Å². The highest BCUT2D eigenvalue weighted by atomic mass is 32.2. The summed E-state index contributed by atoms with van der Waals surface area (Å²) in [4.78, 5) is 0. The van der Waals surface area contributed by atoms with Gasteiger partial charge in [-0.2, -0.15) is 9.40 Å². The molecule has 3 rings (SSSR count). The van der Waals surface area contributed by atoms with Crippen LogP contribution >= 0.6 is 11.3 Å². The fourth-order valence-electron chi connectivity index (χ4n) is 2.45. The van der Waals surface area contributed by atoms with Crippen LogP contribution in [0.2, 0.25) is 0 Å². The van der Waals surface area contributed by atoms with Crippen molar-refractivity contribution in [2.75, 3.05) is 13.1 Å². The van der Waals surface area contributed by atoms with Crippen molar-refractivity contribution in [1.82, 2.24) is 14.5 Å². The second-order valence-corrected chi connectivity index (χ2v) is 7.76. The fraction of sp³-hybridized carbons (Fsp3) is 0.417. The Bertz CT molecular complexity index is 620. The summed E-state index contributed by atoms with van der Waals surface area (Å²) in [5.74, 6) is 0.214. The van der Waals surface area contributed by atoms with Crippen LogP contribution in [-0.2, 0) is 10.0 Å². The van der Waals surface area contributed by atoms with Gasteiger partial charge in [0, 0.05) is 30.9 Å². The molecule has 2 aromatic rings. The Morgan fingerprint density at radius 3 is 3.00 bits per heavy atom. The van der Waals surface area contributed by atoms with E-state index in [1.807, 2.05) is 6.07 Å². The largest absolute Gasteiger partial charge is 0.282 e. The van der Waals surface area contributed by atoms with Gasteiger partial charge in [0.15, 0.2) is 0 Å². The SMILES string of the molecule is O=S(=O)(c1cccs1)N1CCCC(c2ccn[nH]2)C1. The quantitative estimate of drug-likeness (QED) is 0.943. The van der Waals surface area contributed by atoms with Crippen LogP contribution in [0.1, 0.15) is 24.5 Å². The number of aromatic nitrogens is 2. The third kappa shape index (κ3) is 2.45. The molecule has 0 aliphatic carbocycles. The Morgan fingerprint density at radius 2 is 2.32 bits per heavy atom. The first kappa shape index (κ1) is 12.8. The fourth-order valence-corrected chi connectivity index (χ4v) is 5.11. The highest BCUT2D eigenvalue weighted by Gasteiger charge is 2.31. The molecule has 102 valence electrons. The van der Waals surface area contributed by atoms with Gasteiger partial charge in [-0.05, 0) is 30.4 Å². The summed E-state index contributed by atoms with van der Waals surface area (Å²) in [7, 11) is -3.33. The Balaban J connectivity index is 1.82. The van der Waals surface area contributed by atoms with Gasteiger partial charge in [-0.25, -0.2) is 8.42 Å². The first-order valence-corrected chi connectivity index (χ1v) is 8.53. The lowest BCUT2D eigenvalue weighted by molar-refractivity contribution is 0.313. The minimum Gasteiger partial charge on any atom is -0.282 e. The van der Waals surface area contributed by atoms with Gasteiger partial charge in [-0.15, -0.1) is 11.3 Å². The molecule has 1 atom stereocenters. The predicted molar refractivity (Wildman–Crippen MR) is 73.6 cm³/mol. The van der Waals surface area contributed by atoms with Gasteiger partial charge >= 0.3 is 0 Å². The minimum absolute atomic E-state index is 0.214. The monoisotopic (exact) mass is 297 g/mol. The predicted octanol–water partition coefficient (Wildman–Crippen LogP) is 2.04. The lowest BCUT2D eigenvalue weighted by Crippen LogP contribution is -2.38. The van der Waals surface area contributed by atoms with Crippen LogP contribution in [-0.4, -0.2) is 36.0 Å². The average molecular weight is 297 g/mol. The molecule has 1 unspecified atom stereocenters. The molecule has 19 heavy (non-hydrogen) atoms. The maximum atomic E-state index is 12.5. The van der Waals surface area contributed by atoms with Crippen molar-refractivity contribution >= 4 is 21.4 Å². The van der Waals surface area contributed by atoms with E-state index in [9.17, 15) is 8.42 Å². The molecule has 3 heterocycles. The summed E-state index contributed by atoms with van der Waals surface area (Å²) in [6.45, 7) is 1.13. The number of nitrogens with zero attached hydrogens (tertiary/aromatic N) is 2. The van der Waals surface area contributed by atoms with Crippen molar-refractivity contribution in [2.24, 2.45) is 0 Å². The number of sulfonamides is 1. The summed E-state index contributed by atoms with van der Waals surface area (Å²) in [6.07, 6.45) is 3.59. The van der Waals surface area contributed by atoms with Crippen molar-refractivity contribution in [3.8, 4) is 0 Å². The lowest BCUT2D eigenvalue weighted by Gasteiger charge is -2.30. The molecule has 5 nitrogen and oxygen atoms in total. The van der Waals surface area contributed by atoms with E-state index in [-0.39, 0.29) is 5.92 Å². The molecule has 7 heteroatoms. The zero-order valence-corrected chi connectivity index (χ0v) is 12.0. The van der Waals surface area contributed by atoms with E-state index >= 15 is 0 Å². The number of hydrogen-bond acceptors (Lipinski definition) is 4. The second-order valence-electron chi connectivity index (χ2n) is 4.65. The standard InChI is InChI=1S/C12H15N3O2S2/c16-19(17,12-4-2-8-18-12)15-7-1-3-10(9-15)11-5-6-13-14-11/h2,4-6,8,10H,1,3,7,9H2,(H,13,14). The third-order valence-corrected chi connectivity index (χ3v) is 6.67. The summed E-state index contributed by atoms with van der Waals surface area (Å²) < 4.78 is 27.0. The number of H-pyrrole nitrogens is 1. The molecule has 0 amide bonds. The highest BCUT2D eigenvalue weighted by Crippen LogP contribution is 2.30. The van der Waals surface area contributed by atoms with Crippen molar-refractivity contribution in [3.63, 3.8) is 0 Å². The van der Waals surface area contributed by atoms with E-state index in [1.54, 1.807) is 28.0 Å². The van der Waals surface area contributed by atoms with Crippen LogP contribution in [0.25, 0.3) is 0 Å². The molecular weight excluding hydrogens is 282 g/mol. The molecule has 0 saturated carbocycles. The van der Waals surface area contributed by atoms with Crippen molar-refractivity contribution < 1.29 is 8.42 Å². The molecule has 1 aliphatic heterocycles. The van der Waals surface area contributed by atoms with Crippen LogP contribution in [0.15, 0.2) is 34.0 Å². The Labute approximate surface area is 116 Å². The molecule has 1 N–H and O–H groups in total. The molecular formula is C12H15N3O2S2. The zero-order chi connectivity index (χ0) is 13.3. The van der Waals surface area contributed by atoms with E-state index in [1.165, 1.54) is 11.3 Å². The second kappa shape index (κ2) is 5.07. The van der Waals surface area contributed by atoms with E-state index in [0.717, 1.165) is 18.5 Å². The van der Waals surface area contributed by atoms with Gasteiger partial charge in [0.1, 0.15) is 4.21 Å². The Kier molecular flexibility index (Phi) is 3.42. The number of hydrogen-bond donors (Lipinski definition) is 1. The molecule has 0 aromatic carbocycles. The normalized spacial score (nSPS) is 21.6. The molecule has 0 bridgehead atoms. The van der Waals surface area contributed by atoms with Gasteiger partial charge in [0.25, 0.3) is 10.0 Å². The van der Waals surface area contributed by atoms with Crippen LogP contribution in [0.3, 0.4) is 0 Å². The van der Waals surface area contributed by atoms with E-state index in [4.69, 9.17) is 0 Å². The summed E-state index contributed by atoms with van der Waals surface area (Å²) >= 11 is 1.27. The Morgan fingerprint density at radius 1 is 1.42 bits per heavy atom. The molecule has 1 aliphatic rings. The molecule has 1 fully saturated rings. The molecule has 0 spiro atoms. The summed E-state index contributed by atoms with van der Waals surface area (Å²) in [5.41, 5.74) is 1.02. The number of piperidine rings is 1. The van der Waals surface area contributed by atoms with E-state index in [2.05, 4.69) is 10.2 Å². The topological polar surface area (TPSA) is 66.1 Å². The number of nitrogens with one attached hydrogen (secondary N) is 1. The van der Waals surface area contributed by atoms with Gasteiger partial charge in [0.2, 0.25) is 0 Å². The van der Waals surface area contributed by atoms with Crippen LogP contribution in [0, 0.1) is 0 Å². The number of thiophene rings is 1. The molecule has 2 aromatic heterocycles. The van der Waals surface area contributed by atoms with Gasteiger partial charge in [0.05, 0.1) is 0 Å². The van der Waals surface area contributed by atoms with Gasteiger partial charge in [-0.3, -0.25) is 5.10 Å². The zero-order valence-electron chi connectivity index (χ0n) is 10.3. The summed E-state index contributed by atoms with van der Waals surface area (Å²) in [5, 5.41) is 8.68. The van der Waals surface area contributed by atoms with Crippen LogP contribution in [0.5, 0.6) is 0 Å². The van der Waals surface area contributed by atoms with Crippen LogP contribution in [0.4, 0.5) is 0 Å². The van der Waals surface area contributed by atoms with Gasteiger partial charge < -0.3 is 0 Å². The first-order valence-electron chi connectivity index (χ1n) is 6.21. The van der Waals surface area contributed by atoms with Crippen LogP contribution < -0.4 is 0 Å². The molecule has 0 radical (unpaired) electrons. The third-order valence-electron chi connectivity index (χ3n) is 3.44. The smallest absolute Gasteiger partial charge is 0.252 e. The average Bonchev–Trinajstić information content (AvgIpc) is 3.12. The number of aromatic amines is 1. The maximum absolute atomic E-state index is 12.5. The molecule has 1 saturated heterocycles. The summed E-state index contributed by atoms with van der Waals surface area (Å²) in [6, 6.07) is 5.36. The van der Waals surface area contributed by atoms with E-state index in [0.29, 0.717) is 17.3 Å².